The van der Waals surface area contributed by atoms with E-state index in [1.807, 2.05) is 37.1 Å². The zero-order valence-electron chi connectivity index (χ0n) is 12.0. The van der Waals surface area contributed by atoms with Crippen molar-refractivity contribution < 1.29 is 4.79 Å². The molecule has 0 fully saturated rings. The zero-order chi connectivity index (χ0) is 15.4. The van der Waals surface area contributed by atoms with E-state index < -0.39 is 0 Å². The number of nitrogens with zero attached hydrogens (tertiary/aromatic N) is 1. The minimum Gasteiger partial charge on any atom is -0.397 e. The molecule has 4 nitrogen and oxygen atoms in total. The number of carbonyl (C=O) groups excluding carboxylic acids is 1. The fourth-order valence-electron chi connectivity index (χ4n) is 2.03. The lowest BCUT2D eigenvalue weighted by Crippen LogP contribution is -2.23. The lowest BCUT2D eigenvalue weighted by Gasteiger charge is -2.21. The molecule has 1 aromatic carbocycles. The summed E-state index contributed by atoms with van der Waals surface area (Å²) in [6.45, 7) is 3.19. The first-order valence-corrected chi connectivity index (χ1v) is 7.83. The Hall–Kier alpha value is -1.72. The number of anilines is 2. The number of hydrogen-bond donors (Lipinski definition) is 2. The lowest BCUT2D eigenvalue weighted by molar-refractivity contribution is 0.0956. The fourth-order valence-corrected chi connectivity index (χ4v) is 3.17. The van der Waals surface area contributed by atoms with Crippen LogP contribution >= 0.6 is 22.9 Å². The molecular weight excluding hydrogens is 306 g/mol. The molecule has 2 rings (SSSR count). The fraction of sp³-hybridized carbons (Fsp3) is 0.267. The Kier molecular flexibility index (Phi) is 5.09. The molecule has 1 amide bonds. The van der Waals surface area contributed by atoms with Gasteiger partial charge in [-0.1, -0.05) is 11.6 Å². The van der Waals surface area contributed by atoms with Gasteiger partial charge in [-0.25, -0.2) is 0 Å². The Morgan fingerprint density at radius 3 is 2.76 bits per heavy atom. The van der Waals surface area contributed by atoms with Gasteiger partial charge in [-0.05, 0) is 37.3 Å². The number of halogens is 1. The van der Waals surface area contributed by atoms with Crippen LogP contribution in [0.3, 0.4) is 0 Å². The third-order valence-corrected chi connectivity index (χ3v) is 4.28. The van der Waals surface area contributed by atoms with E-state index >= 15 is 0 Å². The molecule has 3 N–H and O–H groups in total. The van der Waals surface area contributed by atoms with Crippen LogP contribution in [0.5, 0.6) is 0 Å². The molecule has 0 unspecified atom stereocenters. The van der Waals surface area contributed by atoms with Crippen molar-refractivity contribution in [3.63, 3.8) is 0 Å². The second-order valence-electron chi connectivity index (χ2n) is 4.69. The van der Waals surface area contributed by atoms with Crippen molar-refractivity contribution >= 4 is 40.2 Å². The molecule has 1 heterocycles. The van der Waals surface area contributed by atoms with Gasteiger partial charge in [0.2, 0.25) is 0 Å². The van der Waals surface area contributed by atoms with Crippen molar-refractivity contribution in [2.24, 2.45) is 0 Å². The highest BCUT2D eigenvalue weighted by atomic mass is 35.5. The summed E-state index contributed by atoms with van der Waals surface area (Å²) < 4.78 is 0.766. The van der Waals surface area contributed by atoms with Crippen molar-refractivity contribution in [1.82, 2.24) is 5.32 Å². The van der Waals surface area contributed by atoms with Crippen LogP contribution in [0.25, 0.3) is 0 Å². The second kappa shape index (κ2) is 6.83. The Labute approximate surface area is 133 Å². The van der Waals surface area contributed by atoms with E-state index in [9.17, 15) is 4.79 Å². The number of amides is 1. The summed E-state index contributed by atoms with van der Waals surface area (Å²) >= 11 is 7.48. The third-order valence-electron chi connectivity index (χ3n) is 3.06. The van der Waals surface area contributed by atoms with E-state index in [4.69, 9.17) is 17.3 Å². The number of rotatable bonds is 5. The maximum Gasteiger partial charge on any atom is 0.251 e. The molecule has 112 valence electrons. The number of hydrogen-bond acceptors (Lipinski definition) is 4. The smallest absolute Gasteiger partial charge is 0.251 e. The molecule has 0 atom stereocenters. The van der Waals surface area contributed by atoms with Crippen LogP contribution in [0.4, 0.5) is 11.4 Å². The van der Waals surface area contributed by atoms with E-state index in [1.54, 1.807) is 12.1 Å². The van der Waals surface area contributed by atoms with Gasteiger partial charge in [0.05, 0.1) is 22.3 Å². The summed E-state index contributed by atoms with van der Waals surface area (Å²) in [4.78, 5) is 15.1. The van der Waals surface area contributed by atoms with Crippen molar-refractivity contribution in [1.29, 1.82) is 0 Å². The van der Waals surface area contributed by atoms with Gasteiger partial charge in [0.1, 0.15) is 0 Å². The average Bonchev–Trinajstić information content (AvgIpc) is 2.84. The molecule has 6 heteroatoms. The van der Waals surface area contributed by atoms with Crippen LogP contribution in [0.1, 0.15) is 22.2 Å². The molecule has 1 aromatic heterocycles. The van der Waals surface area contributed by atoms with Crippen molar-refractivity contribution in [2.75, 3.05) is 24.2 Å². The molecule has 0 saturated carbocycles. The van der Waals surface area contributed by atoms with Gasteiger partial charge >= 0.3 is 0 Å². The number of nitrogen functional groups attached to an aromatic ring is 1. The van der Waals surface area contributed by atoms with E-state index in [2.05, 4.69) is 5.32 Å². The largest absolute Gasteiger partial charge is 0.397 e. The Bertz CT molecular complexity index is 642. The van der Waals surface area contributed by atoms with Gasteiger partial charge in [0, 0.05) is 24.0 Å². The van der Waals surface area contributed by atoms with Gasteiger partial charge in [0.25, 0.3) is 5.91 Å². The Morgan fingerprint density at radius 2 is 2.14 bits per heavy atom. The van der Waals surface area contributed by atoms with E-state index in [-0.39, 0.29) is 5.91 Å². The molecule has 0 bridgehead atoms. The van der Waals surface area contributed by atoms with Crippen molar-refractivity contribution in [2.45, 2.75) is 13.5 Å². The predicted octanol–water partition coefficient (Wildman–Crippen LogP) is 3.37. The highest BCUT2D eigenvalue weighted by Gasteiger charge is 2.12. The molecule has 0 aliphatic carbocycles. The summed E-state index contributed by atoms with van der Waals surface area (Å²) in [5, 5.41) is 2.79. The van der Waals surface area contributed by atoms with Gasteiger partial charge in [0.15, 0.2) is 0 Å². The van der Waals surface area contributed by atoms with Crippen LogP contribution < -0.4 is 16.0 Å². The molecule has 0 aliphatic heterocycles. The normalized spacial score (nSPS) is 10.4. The van der Waals surface area contributed by atoms with E-state index in [0.29, 0.717) is 24.3 Å². The summed E-state index contributed by atoms with van der Waals surface area (Å²) in [6.07, 6.45) is 0. The maximum atomic E-state index is 11.9. The highest BCUT2D eigenvalue weighted by molar-refractivity contribution is 7.16. The van der Waals surface area contributed by atoms with Crippen LogP contribution in [0.15, 0.2) is 30.3 Å². The monoisotopic (exact) mass is 323 g/mol. The van der Waals surface area contributed by atoms with Crippen LogP contribution in [-0.4, -0.2) is 19.5 Å². The first kappa shape index (κ1) is 15.7. The first-order chi connectivity index (χ1) is 10.0. The van der Waals surface area contributed by atoms with Crippen molar-refractivity contribution in [3.05, 3.63) is 45.1 Å². The van der Waals surface area contributed by atoms with Gasteiger partial charge in [-0.15, -0.1) is 11.3 Å². The highest BCUT2D eigenvalue weighted by Crippen LogP contribution is 2.28. The maximum absolute atomic E-state index is 11.9. The number of nitrogens with one attached hydrogen (secondary N) is 1. The molecule has 2 aromatic rings. The summed E-state index contributed by atoms with van der Waals surface area (Å²) in [7, 11) is 1.95. The number of nitrogens with two attached hydrogens (primary N) is 1. The second-order valence-corrected chi connectivity index (χ2v) is 6.49. The minimum atomic E-state index is -0.0914. The molecule has 0 spiro atoms. The van der Waals surface area contributed by atoms with Crippen LogP contribution in [-0.2, 0) is 6.54 Å². The van der Waals surface area contributed by atoms with Gasteiger partial charge in [-0.2, -0.15) is 0 Å². The Morgan fingerprint density at radius 1 is 1.38 bits per heavy atom. The SMILES string of the molecule is CCNC(=O)c1ccc(N)c(N(C)Cc2ccc(Cl)s2)c1. The molecule has 0 radical (unpaired) electrons. The first-order valence-electron chi connectivity index (χ1n) is 6.64. The van der Waals surface area contributed by atoms with Crippen LogP contribution in [0, 0.1) is 0 Å². The molecule has 0 saturated heterocycles. The van der Waals surface area contributed by atoms with Gasteiger partial charge in [-0.3, -0.25) is 4.79 Å². The standard InChI is InChI=1S/C15H18ClN3OS/c1-3-18-15(20)10-4-6-12(17)13(8-10)19(2)9-11-5-7-14(16)21-11/h4-8H,3,9,17H2,1-2H3,(H,18,20). The zero-order valence-corrected chi connectivity index (χ0v) is 13.6. The summed E-state index contributed by atoms with van der Waals surface area (Å²) in [5.41, 5.74) is 8.12. The van der Waals surface area contributed by atoms with E-state index in [0.717, 1.165) is 14.9 Å². The molecule has 0 aliphatic rings. The van der Waals surface area contributed by atoms with Crippen LogP contribution in [0.2, 0.25) is 4.34 Å². The predicted molar refractivity (Wildman–Crippen MR) is 90.3 cm³/mol. The van der Waals surface area contributed by atoms with E-state index in [1.165, 1.54) is 11.3 Å². The number of carbonyl (C=O) groups is 1. The lowest BCUT2D eigenvalue weighted by atomic mass is 10.1. The number of benzene rings is 1. The average molecular weight is 324 g/mol. The Balaban J connectivity index is 2.21. The summed E-state index contributed by atoms with van der Waals surface area (Å²) in [5.74, 6) is -0.0914. The van der Waals surface area contributed by atoms with Crippen molar-refractivity contribution in [3.8, 4) is 0 Å². The minimum absolute atomic E-state index is 0.0914. The van der Waals surface area contributed by atoms with Gasteiger partial charge < -0.3 is 16.0 Å². The number of thiophene rings is 1. The molecule has 21 heavy (non-hydrogen) atoms. The summed E-state index contributed by atoms with van der Waals surface area (Å²) in [6, 6.07) is 9.18. The molecular formula is C15H18ClN3OS. The topological polar surface area (TPSA) is 58.4 Å². The third kappa shape index (κ3) is 3.89. The quantitative estimate of drug-likeness (QED) is 0.829.